The lowest BCUT2D eigenvalue weighted by molar-refractivity contribution is -0.136. The number of halogens is 2. The van der Waals surface area contributed by atoms with E-state index < -0.39 is 17.6 Å². The molecule has 6 nitrogen and oxygen atoms in total. The molecule has 2 N–H and O–H groups in total. The zero-order valence-electron chi connectivity index (χ0n) is 23.4. The molecular weight excluding hydrogens is 589 g/mol. The van der Waals surface area contributed by atoms with Crippen LogP contribution in [0.3, 0.4) is 0 Å². The van der Waals surface area contributed by atoms with Crippen LogP contribution in [-0.2, 0) is 17.6 Å². The highest BCUT2D eigenvalue weighted by atomic mass is 32.2. The number of aliphatic carboxylic acids is 1. The maximum absolute atomic E-state index is 15.5. The van der Waals surface area contributed by atoms with Crippen LogP contribution in [0.1, 0.15) is 35.6 Å². The summed E-state index contributed by atoms with van der Waals surface area (Å²) in [7, 11) is 0. The van der Waals surface area contributed by atoms with Crippen LogP contribution in [0.25, 0.3) is 22.2 Å². The molecule has 1 unspecified atom stereocenters. The topological polar surface area (TPSA) is 80.1 Å². The van der Waals surface area contributed by atoms with Gasteiger partial charge in [-0.3, -0.25) is 9.48 Å². The molecule has 0 saturated heterocycles. The van der Waals surface area contributed by atoms with Crippen molar-refractivity contribution in [3.8, 4) is 22.8 Å². The number of thioether (sulfide) groups is 2. The normalized spacial score (nSPS) is 16.2. The van der Waals surface area contributed by atoms with E-state index in [4.69, 9.17) is 4.74 Å². The number of hydrogen-bond donors (Lipinski definition) is 2. The molecule has 43 heavy (non-hydrogen) atoms. The molecule has 1 aliphatic heterocycles. The lowest BCUT2D eigenvalue weighted by Gasteiger charge is -2.22. The van der Waals surface area contributed by atoms with E-state index in [9.17, 15) is 9.90 Å². The van der Waals surface area contributed by atoms with E-state index in [1.165, 1.54) is 18.2 Å². The van der Waals surface area contributed by atoms with Crippen LogP contribution in [-0.4, -0.2) is 48.9 Å². The van der Waals surface area contributed by atoms with Gasteiger partial charge < -0.3 is 14.8 Å². The van der Waals surface area contributed by atoms with Gasteiger partial charge >= 0.3 is 5.97 Å². The molecule has 222 valence electrons. The van der Waals surface area contributed by atoms with E-state index >= 15 is 8.78 Å². The number of carbonyl (C=O) groups is 1. The highest BCUT2D eigenvalue weighted by Gasteiger charge is 2.23. The molecule has 5 aromatic rings. The minimum atomic E-state index is -0.841. The van der Waals surface area contributed by atoms with Crippen LogP contribution in [0.15, 0.2) is 73.1 Å². The fourth-order valence-corrected chi connectivity index (χ4v) is 7.66. The monoisotopic (exact) mass is 619 g/mol. The molecule has 0 saturated carbocycles. The third-order valence-electron chi connectivity index (χ3n) is 7.63. The van der Waals surface area contributed by atoms with Gasteiger partial charge in [0.1, 0.15) is 11.6 Å². The summed E-state index contributed by atoms with van der Waals surface area (Å²) in [4.78, 5) is 14.3. The van der Waals surface area contributed by atoms with Crippen molar-refractivity contribution in [2.75, 3.05) is 23.0 Å². The van der Waals surface area contributed by atoms with E-state index in [-0.39, 0.29) is 18.2 Å². The van der Waals surface area contributed by atoms with Crippen molar-refractivity contribution in [1.82, 2.24) is 14.8 Å². The number of hydrogen-bond acceptors (Lipinski definition) is 5. The Balaban J connectivity index is 1.42. The number of carboxylic acid groups (broad SMARTS) is 1. The number of fused-ring (bicyclic) bond motifs is 7. The Morgan fingerprint density at radius 1 is 1.02 bits per heavy atom. The second kappa shape index (κ2) is 13.3. The van der Waals surface area contributed by atoms with Crippen LogP contribution in [0, 0.1) is 11.6 Å². The van der Waals surface area contributed by atoms with Gasteiger partial charge in [-0.1, -0.05) is 24.3 Å². The summed E-state index contributed by atoms with van der Waals surface area (Å²) >= 11 is 3.69. The first-order valence-corrected chi connectivity index (χ1v) is 16.5. The first-order valence-electron chi connectivity index (χ1n) is 14.2. The van der Waals surface area contributed by atoms with Crippen molar-refractivity contribution in [2.45, 2.75) is 31.7 Å². The first-order chi connectivity index (χ1) is 21.0. The minimum absolute atomic E-state index is 0.0476. The molecule has 0 fully saturated rings. The minimum Gasteiger partial charge on any atom is -0.481 e. The molecule has 0 aliphatic carbocycles. The molecule has 1 aliphatic rings. The molecule has 0 spiro atoms. The van der Waals surface area contributed by atoms with Crippen molar-refractivity contribution in [3.63, 3.8) is 0 Å². The van der Waals surface area contributed by atoms with Gasteiger partial charge in [-0.15, -0.1) is 0 Å². The van der Waals surface area contributed by atoms with Crippen LogP contribution in [0.5, 0.6) is 11.5 Å². The van der Waals surface area contributed by atoms with Crippen molar-refractivity contribution < 1.29 is 23.4 Å². The third kappa shape index (κ3) is 6.60. The molecule has 3 heterocycles. The fraction of sp³-hybridized carbons (Fsp3) is 0.273. The van der Waals surface area contributed by atoms with Crippen LogP contribution >= 0.6 is 23.5 Å². The summed E-state index contributed by atoms with van der Waals surface area (Å²) < 4.78 is 39.0. The van der Waals surface area contributed by atoms with Crippen molar-refractivity contribution in [1.29, 1.82) is 0 Å². The maximum atomic E-state index is 15.5. The van der Waals surface area contributed by atoms with Crippen molar-refractivity contribution in [3.05, 3.63) is 101 Å². The highest BCUT2D eigenvalue weighted by Crippen LogP contribution is 2.38. The Morgan fingerprint density at radius 3 is 2.74 bits per heavy atom. The number of aromatic amines is 1. The van der Waals surface area contributed by atoms with Gasteiger partial charge in [0.05, 0.1) is 11.7 Å². The van der Waals surface area contributed by atoms with E-state index in [1.54, 1.807) is 24.5 Å². The van der Waals surface area contributed by atoms with Crippen LogP contribution < -0.4 is 4.74 Å². The maximum Gasteiger partial charge on any atom is 0.303 e. The Kier molecular flexibility index (Phi) is 9.04. The Bertz CT molecular complexity index is 1750. The third-order valence-corrected chi connectivity index (χ3v) is 9.89. The number of aromatic nitrogens is 3. The average Bonchev–Trinajstić information content (AvgIpc) is 3.67. The summed E-state index contributed by atoms with van der Waals surface area (Å²) in [5, 5.41) is 14.7. The van der Waals surface area contributed by atoms with Gasteiger partial charge in [-0.2, -0.15) is 28.6 Å². The van der Waals surface area contributed by atoms with Gasteiger partial charge in [0.15, 0.2) is 11.6 Å². The predicted octanol–water partition coefficient (Wildman–Crippen LogP) is 8.12. The standard InChI is InChI=1S/C33H31F2N3O3S2/c34-27-6-5-23-19-26(27)31-9-13-37-38(31)30(22-3-1-2-21(18-22)4-7-32(39)40)11-15-43-17-16-42-14-10-25-24-8-12-36-29(24)20-28(35)33(25)41-23/h1-3,5-6,8-9,12-13,18-20,30,36H,4,7,10-11,14-17H2,(H,39,40). The molecule has 3 aromatic carbocycles. The number of ether oxygens (including phenoxy) is 1. The second-order valence-electron chi connectivity index (χ2n) is 10.4. The summed E-state index contributed by atoms with van der Waals surface area (Å²) in [6.45, 7) is 0. The molecule has 1 atom stereocenters. The van der Waals surface area contributed by atoms with Crippen molar-refractivity contribution in [2.24, 2.45) is 0 Å². The molecule has 2 bridgehead atoms. The fourth-order valence-electron chi connectivity index (χ4n) is 5.57. The molecule has 2 aromatic heterocycles. The Labute approximate surface area is 256 Å². The highest BCUT2D eigenvalue weighted by molar-refractivity contribution is 8.02. The van der Waals surface area contributed by atoms with Gasteiger partial charge in [0.25, 0.3) is 0 Å². The zero-order valence-corrected chi connectivity index (χ0v) is 25.0. The Hall–Kier alpha value is -3.76. The summed E-state index contributed by atoms with van der Waals surface area (Å²) in [5.41, 5.74) is 4.31. The van der Waals surface area contributed by atoms with E-state index in [1.807, 2.05) is 58.5 Å². The quantitative estimate of drug-likeness (QED) is 0.212. The molecule has 6 rings (SSSR count). The van der Waals surface area contributed by atoms with E-state index in [0.29, 0.717) is 35.4 Å². The van der Waals surface area contributed by atoms with Gasteiger partial charge in [-0.05, 0) is 72.2 Å². The smallest absolute Gasteiger partial charge is 0.303 e. The van der Waals surface area contributed by atoms with Gasteiger partial charge in [0.2, 0.25) is 0 Å². The van der Waals surface area contributed by atoms with Crippen LogP contribution in [0.2, 0.25) is 0 Å². The molecule has 0 radical (unpaired) electrons. The van der Waals surface area contributed by atoms with Crippen molar-refractivity contribution >= 4 is 40.4 Å². The van der Waals surface area contributed by atoms with Gasteiger partial charge in [-0.25, -0.2) is 8.78 Å². The summed E-state index contributed by atoms with van der Waals surface area (Å²) in [6, 6.07) is 17.3. The number of H-pyrrole nitrogens is 1. The van der Waals surface area contributed by atoms with E-state index in [2.05, 4.69) is 10.1 Å². The summed E-state index contributed by atoms with van der Waals surface area (Å²) in [6.07, 6.45) is 5.32. The second-order valence-corrected chi connectivity index (χ2v) is 12.9. The number of rotatable bonds is 4. The Morgan fingerprint density at radius 2 is 1.88 bits per heavy atom. The SMILES string of the molecule is O=C(O)CCc1cccc(C2CCSCCSCCc3c(c(F)cc4[nH]ccc34)Oc3ccc(F)c(c3)-c3ccnn32)c1. The number of nitrogens with one attached hydrogen (secondary N) is 1. The number of aryl methyl sites for hydroxylation is 2. The number of carboxylic acids is 1. The van der Waals surface area contributed by atoms with Crippen LogP contribution in [0.4, 0.5) is 8.78 Å². The predicted molar refractivity (Wildman–Crippen MR) is 169 cm³/mol. The molecular formula is C33H31F2N3O3S2. The molecule has 0 amide bonds. The first kappa shape index (κ1) is 29.3. The average molecular weight is 620 g/mol. The lowest BCUT2D eigenvalue weighted by atomic mass is 9.99. The summed E-state index contributed by atoms with van der Waals surface area (Å²) in [5.74, 6) is 2.35. The lowest BCUT2D eigenvalue weighted by Crippen LogP contribution is -2.15. The van der Waals surface area contributed by atoms with E-state index in [0.717, 1.165) is 51.5 Å². The number of benzene rings is 3. The largest absolute Gasteiger partial charge is 0.481 e. The molecule has 10 heteroatoms. The number of nitrogens with zero attached hydrogens (tertiary/aromatic N) is 2. The zero-order chi connectivity index (χ0) is 29.8. The van der Waals surface area contributed by atoms with Gasteiger partial charge in [0, 0.05) is 58.4 Å².